The molecule has 20 heavy (non-hydrogen) atoms. The predicted octanol–water partition coefficient (Wildman–Crippen LogP) is 1.28. The number of halogens is 2. The van der Waals surface area contributed by atoms with Crippen molar-refractivity contribution >= 4 is 26.0 Å². The van der Waals surface area contributed by atoms with Gasteiger partial charge >= 0.3 is 0 Å². The number of sulfonamides is 1. The van der Waals surface area contributed by atoms with E-state index in [-0.39, 0.29) is 12.1 Å². The van der Waals surface area contributed by atoms with E-state index >= 15 is 0 Å². The van der Waals surface area contributed by atoms with E-state index in [4.69, 9.17) is 5.11 Å². The number of hydrogen-bond donors (Lipinski definition) is 3. The molecule has 0 atom stereocenters. The minimum absolute atomic E-state index is 0.0389. The molecule has 0 aliphatic rings. The van der Waals surface area contributed by atoms with Crippen LogP contribution in [0.4, 0.5) is 4.39 Å². The Hall–Kier alpha value is -1.29. The molecule has 0 unspecified atom stereocenters. The average molecular weight is 364 g/mol. The highest BCUT2D eigenvalue weighted by Gasteiger charge is 2.22. The van der Waals surface area contributed by atoms with E-state index in [0.717, 1.165) is 6.07 Å². The predicted molar refractivity (Wildman–Crippen MR) is 72.6 cm³/mol. The first kappa shape index (κ1) is 15.1. The number of aliphatic hydroxyl groups is 1. The van der Waals surface area contributed by atoms with Crippen molar-refractivity contribution in [1.82, 2.24) is 14.7 Å². The lowest BCUT2D eigenvalue weighted by atomic mass is 10.2. The Labute approximate surface area is 123 Å². The van der Waals surface area contributed by atoms with Gasteiger partial charge in [-0.2, -0.15) is 0 Å². The van der Waals surface area contributed by atoms with E-state index < -0.39 is 27.3 Å². The quantitative estimate of drug-likeness (QED) is 0.745. The summed E-state index contributed by atoms with van der Waals surface area (Å²) in [6.07, 6.45) is 2.87. The van der Waals surface area contributed by atoms with Crippen molar-refractivity contribution < 1.29 is 17.9 Å². The van der Waals surface area contributed by atoms with E-state index in [9.17, 15) is 12.8 Å². The highest BCUT2D eigenvalue weighted by molar-refractivity contribution is 9.10. The molecule has 6 nitrogen and oxygen atoms in total. The number of imidazole rings is 1. The van der Waals surface area contributed by atoms with Crippen molar-refractivity contribution in [3.8, 4) is 0 Å². The molecule has 1 heterocycles. The van der Waals surface area contributed by atoms with E-state index in [0.29, 0.717) is 10.2 Å². The van der Waals surface area contributed by atoms with Gasteiger partial charge in [0.2, 0.25) is 10.0 Å². The van der Waals surface area contributed by atoms with Gasteiger partial charge in [0.05, 0.1) is 19.5 Å². The van der Waals surface area contributed by atoms with E-state index in [1.54, 1.807) is 0 Å². The number of benzene rings is 1. The minimum Gasteiger partial charge on any atom is -0.392 e. The summed E-state index contributed by atoms with van der Waals surface area (Å²) in [6.45, 7) is -0.628. The summed E-state index contributed by atoms with van der Waals surface area (Å²) in [5, 5.41) is 9.02. The summed E-state index contributed by atoms with van der Waals surface area (Å²) in [5.41, 5.74) is 0.452. The number of aliphatic hydroxyl groups excluding tert-OH is 1. The molecule has 1 aromatic heterocycles. The Morgan fingerprint density at radius 1 is 1.45 bits per heavy atom. The molecule has 9 heteroatoms. The van der Waals surface area contributed by atoms with Gasteiger partial charge < -0.3 is 10.1 Å². The van der Waals surface area contributed by atoms with Crippen molar-refractivity contribution in [3.63, 3.8) is 0 Å². The summed E-state index contributed by atoms with van der Waals surface area (Å²) >= 11 is 3.08. The topological polar surface area (TPSA) is 95.1 Å². The first-order valence-electron chi connectivity index (χ1n) is 5.49. The molecule has 0 saturated heterocycles. The molecule has 2 rings (SSSR count). The first-order chi connectivity index (χ1) is 9.44. The largest absolute Gasteiger partial charge is 0.392 e. The van der Waals surface area contributed by atoms with Crippen LogP contribution in [0.15, 0.2) is 34.0 Å². The zero-order chi connectivity index (χ0) is 14.8. The van der Waals surface area contributed by atoms with E-state index in [2.05, 4.69) is 30.6 Å². The third-order valence-electron chi connectivity index (χ3n) is 2.55. The Kier molecular flexibility index (Phi) is 4.53. The molecular weight excluding hydrogens is 353 g/mol. The van der Waals surface area contributed by atoms with Gasteiger partial charge in [0.15, 0.2) is 0 Å². The number of aromatic nitrogens is 2. The van der Waals surface area contributed by atoms with Crippen molar-refractivity contribution in [2.75, 3.05) is 0 Å². The third kappa shape index (κ3) is 3.23. The molecule has 1 aromatic carbocycles. The van der Waals surface area contributed by atoms with Crippen LogP contribution in [0.5, 0.6) is 0 Å². The maximum atomic E-state index is 14.0. The number of aromatic amines is 1. The van der Waals surface area contributed by atoms with Gasteiger partial charge in [-0.15, -0.1) is 0 Å². The molecular formula is C11H11BrFN3O3S. The van der Waals surface area contributed by atoms with Crippen LogP contribution in [0.1, 0.15) is 11.3 Å². The fourth-order valence-electron chi connectivity index (χ4n) is 1.56. The SMILES string of the molecule is O=S(=O)(NCc1cnc[nH]1)c1cc(Br)cc(CO)c1F. The van der Waals surface area contributed by atoms with Gasteiger partial charge in [0.25, 0.3) is 0 Å². The fraction of sp³-hybridized carbons (Fsp3) is 0.182. The lowest BCUT2D eigenvalue weighted by Crippen LogP contribution is -2.24. The maximum absolute atomic E-state index is 14.0. The van der Waals surface area contributed by atoms with Crippen molar-refractivity contribution in [3.05, 3.63) is 46.2 Å². The van der Waals surface area contributed by atoms with Crippen molar-refractivity contribution in [1.29, 1.82) is 0 Å². The number of H-pyrrole nitrogens is 1. The summed E-state index contributed by atoms with van der Waals surface area (Å²) < 4.78 is 40.8. The van der Waals surface area contributed by atoms with Crippen LogP contribution >= 0.6 is 15.9 Å². The van der Waals surface area contributed by atoms with Gasteiger partial charge in [-0.3, -0.25) is 0 Å². The normalized spacial score (nSPS) is 11.8. The second kappa shape index (κ2) is 6.00. The molecule has 0 aliphatic carbocycles. The maximum Gasteiger partial charge on any atom is 0.243 e. The zero-order valence-electron chi connectivity index (χ0n) is 10.1. The third-order valence-corrected chi connectivity index (χ3v) is 4.41. The van der Waals surface area contributed by atoms with E-state index in [1.165, 1.54) is 18.6 Å². The highest BCUT2D eigenvalue weighted by Crippen LogP contribution is 2.24. The van der Waals surface area contributed by atoms with Crippen LogP contribution in [0.3, 0.4) is 0 Å². The number of nitrogens with zero attached hydrogens (tertiary/aromatic N) is 1. The minimum atomic E-state index is -4.04. The second-order valence-electron chi connectivity index (χ2n) is 3.94. The van der Waals surface area contributed by atoms with Crippen LogP contribution in [0, 0.1) is 5.82 Å². The molecule has 108 valence electrons. The summed E-state index contributed by atoms with van der Waals surface area (Å²) in [5.74, 6) is -0.965. The molecule has 0 amide bonds. The summed E-state index contributed by atoms with van der Waals surface area (Å²) in [4.78, 5) is 5.96. The number of nitrogens with one attached hydrogen (secondary N) is 2. The van der Waals surface area contributed by atoms with Crippen LogP contribution < -0.4 is 4.72 Å². The monoisotopic (exact) mass is 363 g/mol. The average Bonchev–Trinajstić information content (AvgIpc) is 2.92. The second-order valence-corrected chi connectivity index (χ2v) is 6.59. The van der Waals surface area contributed by atoms with Gasteiger partial charge in [-0.25, -0.2) is 22.5 Å². The number of rotatable bonds is 5. The van der Waals surface area contributed by atoms with Crippen LogP contribution in [0.25, 0.3) is 0 Å². The van der Waals surface area contributed by atoms with E-state index in [1.807, 2.05) is 0 Å². The van der Waals surface area contributed by atoms with Crippen LogP contribution in [-0.4, -0.2) is 23.5 Å². The first-order valence-corrected chi connectivity index (χ1v) is 7.77. The van der Waals surface area contributed by atoms with Gasteiger partial charge in [-0.1, -0.05) is 15.9 Å². The summed E-state index contributed by atoms with van der Waals surface area (Å²) in [7, 11) is -4.04. The smallest absolute Gasteiger partial charge is 0.243 e. The molecule has 3 N–H and O–H groups in total. The van der Waals surface area contributed by atoms with Crippen LogP contribution in [-0.2, 0) is 23.2 Å². The van der Waals surface area contributed by atoms with Crippen molar-refractivity contribution in [2.24, 2.45) is 0 Å². The van der Waals surface area contributed by atoms with Crippen molar-refractivity contribution in [2.45, 2.75) is 18.0 Å². The van der Waals surface area contributed by atoms with Gasteiger partial charge in [0, 0.05) is 21.9 Å². The fourth-order valence-corrected chi connectivity index (χ4v) is 3.37. The Morgan fingerprint density at radius 3 is 2.80 bits per heavy atom. The Balaban J connectivity index is 2.31. The van der Waals surface area contributed by atoms with Crippen LogP contribution in [0.2, 0.25) is 0 Å². The van der Waals surface area contributed by atoms with Gasteiger partial charge in [-0.05, 0) is 12.1 Å². The molecule has 0 fully saturated rings. The molecule has 2 aromatic rings. The Morgan fingerprint density at radius 2 is 2.20 bits per heavy atom. The Bertz CT molecular complexity index is 704. The molecule has 0 bridgehead atoms. The molecule has 0 saturated carbocycles. The number of hydrogen-bond acceptors (Lipinski definition) is 4. The zero-order valence-corrected chi connectivity index (χ0v) is 12.5. The van der Waals surface area contributed by atoms with Gasteiger partial charge in [0.1, 0.15) is 10.7 Å². The summed E-state index contributed by atoms with van der Waals surface area (Å²) in [6, 6.07) is 2.47. The highest BCUT2D eigenvalue weighted by atomic mass is 79.9. The lowest BCUT2D eigenvalue weighted by molar-refractivity contribution is 0.274. The molecule has 0 spiro atoms. The molecule has 0 aliphatic heterocycles. The standard InChI is InChI=1S/C11H11BrFN3O3S/c12-8-1-7(5-17)11(13)10(2-8)20(18,19)16-4-9-3-14-6-15-9/h1-3,6,16-17H,4-5H2,(H,14,15). The lowest BCUT2D eigenvalue weighted by Gasteiger charge is -2.10. The molecule has 0 radical (unpaired) electrons.